The molecular weight excluding hydrogens is 148 g/mol. The molecule has 2 heteroatoms. The van der Waals surface area contributed by atoms with E-state index in [4.69, 9.17) is 11.5 Å². The molecule has 0 unspecified atom stereocenters. The van der Waals surface area contributed by atoms with E-state index in [0.717, 1.165) is 6.42 Å². The van der Waals surface area contributed by atoms with Gasteiger partial charge in [0.25, 0.3) is 0 Å². The minimum absolute atomic E-state index is 0.132. The summed E-state index contributed by atoms with van der Waals surface area (Å²) >= 11 is 0. The van der Waals surface area contributed by atoms with E-state index >= 15 is 0 Å². The molecule has 0 bridgehead atoms. The predicted octanol–water partition coefficient (Wildman–Crippen LogP) is 1.03. The van der Waals surface area contributed by atoms with Crippen LogP contribution in [0, 0.1) is 0 Å². The van der Waals surface area contributed by atoms with E-state index in [1.54, 1.807) is 0 Å². The maximum atomic E-state index is 5.72. The summed E-state index contributed by atoms with van der Waals surface area (Å²) in [6, 6.07) is 9.88. The quantitative estimate of drug-likeness (QED) is 0.697. The molecule has 2 nitrogen and oxygen atoms in total. The van der Waals surface area contributed by atoms with Crippen molar-refractivity contribution in [2.45, 2.75) is 12.5 Å². The van der Waals surface area contributed by atoms with Crippen molar-refractivity contribution in [3.63, 3.8) is 0 Å². The molecule has 0 saturated carbocycles. The van der Waals surface area contributed by atoms with Crippen molar-refractivity contribution in [3.8, 4) is 0 Å². The maximum absolute atomic E-state index is 5.72. The van der Waals surface area contributed by atoms with Crippen molar-refractivity contribution in [1.82, 2.24) is 0 Å². The minimum Gasteiger partial charge on any atom is -0.401 e. The van der Waals surface area contributed by atoms with Gasteiger partial charge >= 0.3 is 0 Å². The van der Waals surface area contributed by atoms with Gasteiger partial charge in [0.15, 0.2) is 0 Å². The number of nitrogens with two attached hydrogens (primary N) is 2. The number of benzene rings is 1. The first-order valence-corrected chi connectivity index (χ1v) is 3.94. The van der Waals surface area contributed by atoms with Gasteiger partial charge in [-0.2, -0.15) is 0 Å². The summed E-state index contributed by atoms with van der Waals surface area (Å²) in [6.07, 6.45) is 0.760. The Hall–Kier alpha value is -1.28. The Bertz CT molecular complexity index is 254. The summed E-state index contributed by atoms with van der Waals surface area (Å²) in [5, 5.41) is 0. The topological polar surface area (TPSA) is 52.0 Å². The van der Waals surface area contributed by atoms with Crippen LogP contribution in [-0.4, -0.2) is 6.04 Å². The van der Waals surface area contributed by atoms with Crippen LogP contribution in [0.25, 0.3) is 0 Å². The Morgan fingerprint density at radius 2 is 1.92 bits per heavy atom. The highest BCUT2D eigenvalue weighted by molar-refractivity contribution is 5.18. The zero-order valence-electron chi connectivity index (χ0n) is 7.03. The van der Waals surface area contributed by atoms with Gasteiger partial charge in [-0.3, -0.25) is 0 Å². The average Bonchev–Trinajstić information content (AvgIpc) is 2.06. The van der Waals surface area contributed by atoms with Crippen LogP contribution in [-0.2, 0) is 6.42 Å². The molecule has 0 saturated heterocycles. The molecule has 1 rings (SSSR count). The van der Waals surface area contributed by atoms with Gasteiger partial charge in [0.1, 0.15) is 0 Å². The summed E-state index contributed by atoms with van der Waals surface area (Å²) < 4.78 is 0. The van der Waals surface area contributed by atoms with Gasteiger partial charge in [-0.15, -0.1) is 0 Å². The van der Waals surface area contributed by atoms with Gasteiger partial charge in [0.05, 0.1) is 0 Å². The van der Waals surface area contributed by atoms with E-state index in [9.17, 15) is 0 Å². The summed E-state index contributed by atoms with van der Waals surface area (Å²) in [5.74, 6) is 0. The summed E-state index contributed by atoms with van der Waals surface area (Å²) in [4.78, 5) is 0. The molecule has 0 fully saturated rings. The largest absolute Gasteiger partial charge is 0.401 e. The molecule has 0 aliphatic carbocycles. The normalized spacial score (nSPS) is 12.4. The molecule has 0 aliphatic rings. The van der Waals surface area contributed by atoms with Crippen molar-refractivity contribution >= 4 is 0 Å². The zero-order chi connectivity index (χ0) is 8.97. The SMILES string of the molecule is C=C(N)[C@H](N)Cc1ccccc1. The molecule has 1 aromatic carbocycles. The Kier molecular flexibility index (Phi) is 2.88. The van der Waals surface area contributed by atoms with Gasteiger partial charge in [-0.1, -0.05) is 36.9 Å². The van der Waals surface area contributed by atoms with Crippen molar-refractivity contribution < 1.29 is 0 Å². The summed E-state index contributed by atoms with van der Waals surface area (Å²) in [5.41, 5.74) is 12.9. The van der Waals surface area contributed by atoms with Crippen LogP contribution in [0.1, 0.15) is 5.56 Å². The van der Waals surface area contributed by atoms with E-state index in [0.29, 0.717) is 5.70 Å². The van der Waals surface area contributed by atoms with E-state index in [2.05, 4.69) is 6.58 Å². The highest BCUT2D eigenvalue weighted by Crippen LogP contribution is 2.03. The third kappa shape index (κ3) is 2.40. The van der Waals surface area contributed by atoms with Crippen molar-refractivity contribution in [3.05, 3.63) is 48.2 Å². The van der Waals surface area contributed by atoms with E-state index < -0.39 is 0 Å². The van der Waals surface area contributed by atoms with Crippen LogP contribution >= 0.6 is 0 Å². The lowest BCUT2D eigenvalue weighted by Crippen LogP contribution is -2.28. The molecule has 0 aliphatic heterocycles. The van der Waals surface area contributed by atoms with Crippen molar-refractivity contribution in [2.24, 2.45) is 11.5 Å². The monoisotopic (exact) mass is 162 g/mol. The van der Waals surface area contributed by atoms with Crippen LogP contribution in [0.4, 0.5) is 0 Å². The van der Waals surface area contributed by atoms with Crippen LogP contribution in [0.15, 0.2) is 42.6 Å². The van der Waals surface area contributed by atoms with E-state index in [1.807, 2.05) is 30.3 Å². The minimum atomic E-state index is -0.132. The average molecular weight is 162 g/mol. The first-order valence-electron chi connectivity index (χ1n) is 3.94. The van der Waals surface area contributed by atoms with Gasteiger partial charge in [0, 0.05) is 11.7 Å². The van der Waals surface area contributed by atoms with Crippen LogP contribution in [0.5, 0.6) is 0 Å². The van der Waals surface area contributed by atoms with Crippen molar-refractivity contribution in [1.29, 1.82) is 0 Å². The van der Waals surface area contributed by atoms with Crippen LogP contribution in [0.3, 0.4) is 0 Å². The van der Waals surface area contributed by atoms with E-state index in [1.165, 1.54) is 5.56 Å². The first-order chi connectivity index (χ1) is 5.70. The molecule has 64 valence electrons. The number of hydrogen-bond acceptors (Lipinski definition) is 2. The Balaban J connectivity index is 2.58. The van der Waals surface area contributed by atoms with Crippen LogP contribution < -0.4 is 11.5 Å². The van der Waals surface area contributed by atoms with E-state index in [-0.39, 0.29) is 6.04 Å². The smallest absolute Gasteiger partial charge is 0.0477 e. The molecule has 0 aromatic heterocycles. The molecule has 4 N–H and O–H groups in total. The second kappa shape index (κ2) is 3.93. The molecular formula is C10H14N2. The lowest BCUT2D eigenvalue weighted by Gasteiger charge is -2.10. The van der Waals surface area contributed by atoms with Crippen LogP contribution in [0.2, 0.25) is 0 Å². The molecule has 12 heavy (non-hydrogen) atoms. The van der Waals surface area contributed by atoms with Crippen molar-refractivity contribution in [2.75, 3.05) is 0 Å². The van der Waals surface area contributed by atoms with Gasteiger partial charge in [-0.25, -0.2) is 0 Å². The Morgan fingerprint density at radius 1 is 1.33 bits per heavy atom. The lowest BCUT2D eigenvalue weighted by molar-refractivity contribution is 0.757. The molecule has 0 amide bonds. The fourth-order valence-electron chi connectivity index (χ4n) is 0.999. The Labute approximate surface area is 72.9 Å². The number of rotatable bonds is 3. The molecule has 1 atom stereocenters. The predicted molar refractivity (Wildman–Crippen MR) is 51.4 cm³/mol. The fourth-order valence-corrected chi connectivity index (χ4v) is 0.999. The fraction of sp³-hybridized carbons (Fsp3) is 0.200. The second-order valence-corrected chi connectivity index (χ2v) is 2.87. The van der Waals surface area contributed by atoms with Gasteiger partial charge < -0.3 is 11.5 Å². The standard InChI is InChI=1S/C10H14N2/c1-8(11)10(12)7-9-5-3-2-4-6-9/h2-6,10H,1,7,11-12H2/t10-/m1/s1. The number of hydrogen-bond donors (Lipinski definition) is 2. The summed E-state index contributed by atoms with van der Waals surface area (Å²) in [6.45, 7) is 3.60. The summed E-state index contributed by atoms with van der Waals surface area (Å²) in [7, 11) is 0. The first kappa shape index (κ1) is 8.81. The molecule has 0 spiro atoms. The highest BCUT2D eigenvalue weighted by atomic mass is 14.7. The third-order valence-corrected chi connectivity index (χ3v) is 1.77. The highest BCUT2D eigenvalue weighted by Gasteiger charge is 2.03. The molecule has 0 radical (unpaired) electrons. The molecule has 0 heterocycles. The Morgan fingerprint density at radius 3 is 2.42 bits per heavy atom. The maximum Gasteiger partial charge on any atom is 0.0477 e. The third-order valence-electron chi connectivity index (χ3n) is 1.77. The van der Waals surface area contributed by atoms with Gasteiger partial charge in [-0.05, 0) is 12.0 Å². The zero-order valence-corrected chi connectivity index (χ0v) is 7.03. The van der Waals surface area contributed by atoms with Gasteiger partial charge in [0.2, 0.25) is 0 Å². The lowest BCUT2D eigenvalue weighted by atomic mass is 10.1. The molecule has 1 aromatic rings. The second-order valence-electron chi connectivity index (χ2n) is 2.87.